The van der Waals surface area contributed by atoms with Gasteiger partial charge < -0.3 is 0 Å². The van der Waals surface area contributed by atoms with Crippen molar-refractivity contribution in [3.8, 4) is 0 Å². The van der Waals surface area contributed by atoms with Crippen LogP contribution in [0.3, 0.4) is 0 Å². The van der Waals surface area contributed by atoms with Crippen LogP contribution in [0.15, 0.2) is 0 Å². The number of aryl methyl sites for hydroxylation is 1. The molecule has 1 aromatic heterocycles. The van der Waals surface area contributed by atoms with E-state index in [1.165, 1.54) is 25.7 Å². The molecule has 0 aromatic carbocycles. The molecule has 122 valence electrons. The van der Waals surface area contributed by atoms with E-state index in [0.717, 1.165) is 32.1 Å². The fraction of sp³-hybridized carbons (Fsp3) is 0.824. The van der Waals surface area contributed by atoms with Crippen molar-refractivity contribution in [1.29, 1.82) is 0 Å². The fourth-order valence-corrected chi connectivity index (χ4v) is 3.22. The fourth-order valence-electron chi connectivity index (χ4n) is 2.84. The van der Waals surface area contributed by atoms with Gasteiger partial charge >= 0.3 is 0 Å². The van der Waals surface area contributed by atoms with E-state index in [1.54, 1.807) is 11.6 Å². The van der Waals surface area contributed by atoms with Crippen LogP contribution in [0.4, 0.5) is 4.39 Å². The third-order valence-electron chi connectivity index (χ3n) is 4.33. The average Bonchev–Trinajstić information content (AvgIpc) is 2.73. The minimum atomic E-state index is -0.370. The second-order valence-corrected chi connectivity index (χ2v) is 6.72. The van der Waals surface area contributed by atoms with Gasteiger partial charge in [-0.15, -0.1) is 0 Å². The minimum absolute atomic E-state index is 0.166. The van der Waals surface area contributed by atoms with E-state index in [9.17, 15) is 4.39 Å². The molecular weight excluding hydrogens is 287 g/mol. The molecule has 0 amide bonds. The molecule has 0 saturated heterocycles. The highest BCUT2D eigenvalue weighted by atomic mass is 35.5. The number of nitrogens with zero attached hydrogens (tertiary/aromatic N) is 2. The lowest BCUT2D eigenvalue weighted by Crippen LogP contribution is -2.31. The van der Waals surface area contributed by atoms with E-state index in [2.05, 4.69) is 25.9 Å². The van der Waals surface area contributed by atoms with Crippen LogP contribution in [0.25, 0.3) is 0 Å². The summed E-state index contributed by atoms with van der Waals surface area (Å²) in [6.45, 7) is 8.25. The van der Waals surface area contributed by atoms with Gasteiger partial charge in [0.05, 0.1) is 11.2 Å². The van der Waals surface area contributed by atoms with Crippen LogP contribution in [-0.4, -0.2) is 9.78 Å². The molecule has 0 spiro atoms. The number of rotatable bonds is 10. The van der Waals surface area contributed by atoms with Gasteiger partial charge in [0, 0.05) is 0 Å². The molecule has 0 radical (unpaired) electrons. The van der Waals surface area contributed by atoms with Crippen LogP contribution in [-0.2, 0) is 5.54 Å². The smallest absolute Gasteiger partial charge is 0.182 e. The Bertz CT molecular complexity index is 431. The molecule has 1 heterocycles. The largest absolute Gasteiger partial charge is 0.245 e. The van der Waals surface area contributed by atoms with Crippen LogP contribution >= 0.6 is 11.6 Å². The molecule has 0 aliphatic rings. The number of hydrogen-bond acceptors (Lipinski definition) is 1. The maximum Gasteiger partial charge on any atom is 0.182 e. The molecular formula is C17H30ClFN2. The van der Waals surface area contributed by atoms with Crippen LogP contribution in [0, 0.1) is 12.7 Å². The topological polar surface area (TPSA) is 17.8 Å². The predicted molar refractivity (Wildman–Crippen MR) is 88.5 cm³/mol. The van der Waals surface area contributed by atoms with Gasteiger partial charge in [-0.3, -0.25) is 0 Å². The molecule has 1 atom stereocenters. The number of unbranched alkanes of at least 4 members (excludes halogenated alkanes) is 5. The van der Waals surface area contributed by atoms with E-state index in [1.807, 2.05) is 0 Å². The summed E-state index contributed by atoms with van der Waals surface area (Å²) < 4.78 is 15.6. The van der Waals surface area contributed by atoms with Crippen LogP contribution in [0.1, 0.15) is 84.3 Å². The van der Waals surface area contributed by atoms with E-state index in [-0.39, 0.29) is 16.5 Å². The van der Waals surface area contributed by atoms with Crippen molar-refractivity contribution >= 4 is 11.6 Å². The third kappa shape index (κ3) is 4.98. The monoisotopic (exact) mass is 316 g/mol. The Kier molecular flexibility index (Phi) is 7.72. The highest BCUT2D eigenvalue weighted by molar-refractivity contribution is 6.29. The van der Waals surface area contributed by atoms with Gasteiger partial charge in [-0.05, 0) is 26.7 Å². The van der Waals surface area contributed by atoms with Crippen LogP contribution in [0.2, 0.25) is 5.15 Å². The molecule has 0 aliphatic heterocycles. The Hall–Kier alpha value is -0.570. The van der Waals surface area contributed by atoms with Gasteiger partial charge in [0.25, 0.3) is 0 Å². The Labute approximate surface area is 134 Å². The van der Waals surface area contributed by atoms with Gasteiger partial charge in [0.15, 0.2) is 11.0 Å². The van der Waals surface area contributed by atoms with Crippen molar-refractivity contribution in [3.63, 3.8) is 0 Å². The lowest BCUT2D eigenvalue weighted by atomic mass is 9.88. The molecule has 0 bridgehead atoms. The highest BCUT2D eigenvalue weighted by Gasteiger charge is 2.30. The second-order valence-electron chi connectivity index (χ2n) is 6.37. The van der Waals surface area contributed by atoms with Crippen molar-refractivity contribution in [3.05, 3.63) is 16.7 Å². The maximum absolute atomic E-state index is 13.9. The number of hydrogen-bond donors (Lipinski definition) is 0. The first kappa shape index (κ1) is 18.5. The van der Waals surface area contributed by atoms with Gasteiger partial charge in [-0.2, -0.15) is 5.10 Å². The first-order valence-electron chi connectivity index (χ1n) is 8.37. The van der Waals surface area contributed by atoms with Gasteiger partial charge in [-0.1, -0.05) is 70.4 Å². The Morgan fingerprint density at radius 1 is 1.05 bits per heavy atom. The molecule has 1 rings (SSSR count). The summed E-state index contributed by atoms with van der Waals surface area (Å²) in [5.41, 5.74) is 0.225. The Morgan fingerprint density at radius 3 is 2.14 bits per heavy atom. The van der Waals surface area contributed by atoms with Gasteiger partial charge in [0.1, 0.15) is 0 Å². The predicted octanol–water partition coefficient (Wildman–Crippen LogP) is 6.25. The van der Waals surface area contributed by atoms with Crippen molar-refractivity contribution in [2.24, 2.45) is 0 Å². The molecule has 0 fully saturated rings. The van der Waals surface area contributed by atoms with E-state index >= 15 is 0 Å². The molecule has 1 aromatic rings. The SMILES string of the molecule is CCCCCCCC(C)(CCCC)n1nc(C)c(F)c1Cl. The summed E-state index contributed by atoms with van der Waals surface area (Å²) in [7, 11) is 0. The minimum Gasteiger partial charge on any atom is -0.245 e. The average molecular weight is 317 g/mol. The second kappa shape index (κ2) is 8.77. The molecule has 0 aliphatic carbocycles. The lowest BCUT2D eigenvalue weighted by molar-refractivity contribution is 0.228. The van der Waals surface area contributed by atoms with Crippen LogP contribution < -0.4 is 0 Å². The Morgan fingerprint density at radius 2 is 1.62 bits per heavy atom. The molecule has 1 unspecified atom stereocenters. The number of halogens is 2. The summed E-state index contributed by atoms with van der Waals surface area (Å²) in [6, 6.07) is 0. The molecule has 4 heteroatoms. The van der Waals surface area contributed by atoms with Crippen LogP contribution in [0.5, 0.6) is 0 Å². The standard InChI is InChI=1S/C17H30ClFN2/c1-5-7-9-10-11-13-17(4,12-8-6-2)21-16(18)15(19)14(3)20-21/h5-13H2,1-4H3. The van der Waals surface area contributed by atoms with Crippen molar-refractivity contribution in [1.82, 2.24) is 9.78 Å². The van der Waals surface area contributed by atoms with Gasteiger partial charge in [0.2, 0.25) is 0 Å². The van der Waals surface area contributed by atoms with Crippen molar-refractivity contribution in [2.45, 2.75) is 91.0 Å². The van der Waals surface area contributed by atoms with Crippen molar-refractivity contribution in [2.75, 3.05) is 0 Å². The van der Waals surface area contributed by atoms with E-state index in [4.69, 9.17) is 11.6 Å². The maximum atomic E-state index is 13.9. The molecule has 0 N–H and O–H groups in total. The highest BCUT2D eigenvalue weighted by Crippen LogP contribution is 2.34. The molecule has 2 nitrogen and oxygen atoms in total. The zero-order valence-electron chi connectivity index (χ0n) is 14.0. The normalized spacial score (nSPS) is 14.4. The first-order valence-corrected chi connectivity index (χ1v) is 8.75. The lowest BCUT2D eigenvalue weighted by Gasteiger charge is -2.31. The molecule has 0 saturated carbocycles. The number of aromatic nitrogens is 2. The third-order valence-corrected chi connectivity index (χ3v) is 4.66. The quantitative estimate of drug-likeness (QED) is 0.466. The van der Waals surface area contributed by atoms with E-state index in [0.29, 0.717) is 5.69 Å². The van der Waals surface area contributed by atoms with E-state index < -0.39 is 0 Å². The van der Waals surface area contributed by atoms with Crippen molar-refractivity contribution < 1.29 is 4.39 Å². The Balaban J connectivity index is 2.79. The first-order chi connectivity index (χ1) is 9.96. The molecule has 21 heavy (non-hydrogen) atoms. The zero-order chi connectivity index (χ0) is 15.9. The summed E-state index contributed by atoms with van der Waals surface area (Å²) >= 11 is 6.17. The summed E-state index contributed by atoms with van der Waals surface area (Å²) in [5, 5.41) is 4.53. The zero-order valence-corrected chi connectivity index (χ0v) is 14.8. The summed E-state index contributed by atoms with van der Waals surface area (Å²) in [6.07, 6.45) is 10.5. The van der Waals surface area contributed by atoms with Gasteiger partial charge in [-0.25, -0.2) is 9.07 Å². The summed E-state index contributed by atoms with van der Waals surface area (Å²) in [5.74, 6) is -0.370. The summed E-state index contributed by atoms with van der Waals surface area (Å²) in [4.78, 5) is 0.